The van der Waals surface area contributed by atoms with Gasteiger partial charge in [-0.15, -0.1) is 5.10 Å². The van der Waals surface area contributed by atoms with Crippen molar-refractivity contribution in [3.8, 4) is 0 Å². The van der Waals surface area contributed by atoms with Crippen molar-refractivity contribution in [2.75, 3.05) is 18.0 Å². The molecule has 22 heavy (non-hydrogen) atoms. The minimum Gasteiger partial charge on any atom is -0.392 e. The molecular formula is C15H19N5O2. The van der Waals surface area contributed by atoms with E-state index in [2.05, 4.69) is 20.1 Å². The van der Waals surface area contributed by atoms with Crippen LogP contribution >= 0.6 is 0 Å². The van der Waals surface area contributed by atoms with E-state index >= 15 is 0 Å². The van der Waals surface area contributed by atoms with E-state index in [1.165, 1.54) is 19.3 Å². The normalized spacial score (nSPS) is 22.5. The van der Waals surface area contributed by atoms with Gasteiger partial charge in [0.05, 0.1) is 5.92 Å². The lowest BCUT2D eigenvalue weighted by molar-refractivity contribution is 0.382. The Hall–Kier alpha value is -2.18. The molecule has 2 fully saturated rings. The third kappa shape index (κ3) is 2.51. The largest absolute Gasteiger partial charge is 0.434 e. The van der Waals surface area contributed by atoms with Gasteiger partial charge in [0.15, 0.2) is 0 Å². The van der Waals surface area contributed by atoms with Crippen LogP contribution in [0.15, 0.2) is 21.5 Å². The number of piperidine rings is 1. The minimum atomic E-state index is -0.485. The van der Waals surface area contributed by atoms with Gasteiger partial charge in [0.2, 0.25) is 5.89 Å². The molecule has 2 aromatic rings. The first-order chi connectivity index (χ1) is 10.8. The molecule has 0 amide bonds. The van der Waals surface area contributed by atoms with Gasteiger partial charge in [-0.2, -0.15) is 0 Å². The molecule has 1 saturated carbocycles. The second-order valence-electron chi connectivity index (χ2n) is 6.14. The maximum absolute atomic E-state index is 11.1. The van der Waals surface area contributed by atoms with Gasteiger partial charge in [-0.05, 0) is 31.7 Å². The molecule has 1 saturated heterocycles. The number of hydrogen-bond donors (Lipinski definition) is 1. The summed E-state index contributed by atoms with van der Waals surface area (Å²) in [6, 6.07) is 1.96. The van der Waals surface area contributed by atoms with E-state index in [9.17, 15) is 4.79 Å². The molecule has 1 aliphatic carbocycles. The molecule has 3 heterocycles. The molecule has 0 spiro atoms. The van der Waals surface area contributed by atoms with Crippen molar-refractivity contribution in [1.29, 1.82) is 0 Å². The first-order valence-corrected chi connectivity index (χ1v) is 7.93. The number of rotatable bonds is 3. The summed E-state index contributed by atoms with van der Waals surface area (Å²) < 4.78 is 5.11. The van der Waals surface area contributed by atoms with Gasteiger partial charge in [0.1, 0.15) is 11.6 Å². The second kappa shape index (κ2) is 5.55. The zero-order valence-electron chi connectivity index (χ0n) is 12.4. The molecule has 0 radical (unpaired) electrons. The lowest BCUT2D eigenvalue weighted by Crippen LogP contribution is -2.35. The van der Waals surface area contributed by atoms with Gasteiger partial charge in [-0.25, -0.2) is 19.9 Å². The molecule has 0 bridgehead atoms. The quantitative estimate of drug-likeness (QED) is 0.930. The first-order valence-electron chi connectivity index (χ1n) is 7.93. The highest BCUT2D eigenvalue weighted by molar-refractivity contribution is 5.39. The standard InChI is InChI=1S/C15H19N5O2/c21-15-19-18-14(22-15)11-5-2-8-20(9-11)12-6-7-16-13(17-12)10-3-1-4-10/h6-7,10-11H,1-5,8-9H2,(H,19,21). The topological polar surface area (TPSA) is 87.9 Å². The lowest BCUT2D eigenvalue weighted by Gasteiger charge is -2.32. The van der Waals surface area contributed by atoms with Crippen molar-refractivity contribution in [3.05, 3.63) is 34.5 Å². The fraction of sp³-hybridized carbons (Fsp3) is 0.600. The molecule has 4 rings (SSSR count). The number of anilines is 1. The Morgan fingerprint density at radius 2 is 2.09 bits per heavy atom. The Labute approximate surface area is 127 Å². The van der Waals surface area contributed by atoms with Crippen molar-refractivity contribution in [1.82, 2.24) is 20.2 Å². The highest BCUT2D eigenvalue weighted by atomic mass is 16.4. The Morgan fingerprint density at radius 1 is 1.23 bits per heavy atom. The third-order valence-corrected chi connectivity index (χ3v) is 4.68. The fourth-order valence-electron chi connectivity index (χ4n) is 3.21. The summed E-state index contributed by atoms with van der Waals surface area (Å²) in [5.41, 5.74) is 0. The van der Waals surface area contributed by atoms with Gasteiger partial charge in [0, 0.05) is 25.2 Å². The van der Waals surface area contributed by atoms with E-state index in [4.69, 9.17) is 9.40 Å². The van der Waals surface area contributed by atoms with E-state index in [1.807, 2.05) is 12.3 Å². The predicted octanol–water partition coefficient (Wildman–Crippen LogP) is 1.80. The van der Waals surface area contributed by atoms with Crippen LogP contribution < -0.4 is 10.7 Å². The number of hydrogen-bond acceptors (Lipinski definition) is 6. The molecule has 116 valence electrons. The van der Waals surface area contributed by atoms with Crippen LogP contribution in [-0.4, -0.2) is 33.3 Å². The van der Waals surface area contributed by atoms with E-state index in [1.54, 1.807) is 0 Å². The Balaban J connectivity index is 1.53. The highest BCUT2D eigenvalue weighted by Crippen LogP contribution is 2.35. The van der Waals surface area contributed by atoms with Gasteiger partial charge in [-0.3, -0.25) is 0 Å². The minimum absolute atomic E-state index is 0.134. The Morgan fingerprint density at radius 3 is 2.82 bits per heavy atom. The van der Waals surface area contributed by atoms with Crippen molar-refractivity contribution in [3.63, 3.8) is 0 Å². The molecule has 7 heteroatoms. The van der Waals surface area contributed by atoms with E-state index < -0.39 is 5.76 Å². The van der Waals surface area contributed by atoms with Crippen LogP contribution in [0.25, 0.3) is 0 Å². The molecule has 7 nitrogen and oxygen atoms in total. The van der Waals surface area contributed by atoms with Crippen LogP contribution in [0.1, 0.15) is 55.7 Å². The van der Waals surface area contributed by atoms with E-state index in [0.29, 0.717) is 11.8 Å². The molecule has 1 N–H and O–H groups in total. The zero-order chi connectivity index (χ0) is 14.9. The maximum atomic E-state index is 11.1. The monoisotopic (exact) mass is 301 g/mol. The van der Waals surface area contributed by atoms with Crippen molar-refractivity contribution >= 4 is 5.82 Å². The van der Waals surface area contributed by atoms with Gasteiger partial charge < -0.3 is 9.32 Å². The zero-order valence-corrected chi connectivity index (χ0v) is 12.4. The smallest absolute Gasteiger partial charge is 0.392 e. The Kier molecular flexibility index (Phi) is 3.40. The summed E-state index contributed by atoms with van der Waals surface area (Å²) in [4.78, 5) is 22.5. The number of nitrogens with zero attached hydrogens (tertiary/aromatic N) is 4. The van der Waals surface area contributed by atoms with Crippen LogP contribution in [0.5, 0.6) is 0 Å². The number of nitrogens with one attached hydrogen (secondary N) is 1. The van der Waals surface area contributed by atoms with Crippen LogP contribution in [0.2, 0.25) is 0 Å². The van der Waals surface area contributed by atoms with Gasteiger partial charge >= 0.3 is 5.76 Å². The first kappa shape index (κ1) is 13.5. The number of H-pyrrole nitrogens is 1. The number of aromatic amines is 1. The molecular weight excluding hydrogens is 282 g/mol. The summed E-state index contributed by atoms with van der Waals surface area (Å²) in [6.45, 7) is 1.74. The SMILES string of the molecule is O=c1[nH]nc(C2CCCN(c3ccnc(C4CCC4)n3)C2)o1. The summed E-state index contributed by atoms with van der Waals surface area (Å²) in [7, 11) is 0. The third-order valence-electron chi connectivity index (χ3n) is 4.68. The predicted molar refractivity (Wildman–Crippen MR) is 79.9 cm³/mol. The van der Waals surface area contributed by atoms with Gasteiger partial charge in [0.25, 0.3) is 0 Å². The molecule has 2 aromatic heterocycles. The average molecular weight is 301 g/mol. The van der Waals surface area contributed by atoms with Crippen molar-refractivity contribution in [2.45, 2.75) is 43.9 Å². The molecule has 1 aliphatic heterocycles. The summed E-state index contributed by atoms with van der Waals surface area (Å²) in [5.74, 6) is 2.63. The fourth-order valence-corrected chi connectivity index (χ4v) is 3.21. The molecule has 2 aliphatic rings. The molecule has 1 atom stereocenters. The molecule has 0 aromatic carbocycles. The van der Waals surface area contributed by atoms with Crippen LogP contribution in [0, 0.1) is 0 Å². The Bertz CT molecular complexity index is 706. The second-order valence-corrected chi connectivity index (χ2v) is 6.14. The van der Waals surface area contributed by atoms with Crippen LogP contribution in [0.4, 0.5) is 5.82 Å². The van der Waals surface area contributed by atoms with E-state index in [-0.39, 0.29) is 5.92 Å². The van der Waals surface area contributed by atoms with Crippen LogP contribution in [-0.2, 0) is 0 Å². The lowest BCUT2D eigenvalue weighted by atomic mass is 9.85. The highest BCUT2D eigenvalue weighted by Gasteiger charge is 2.27. The summed E-state index contributed by atoms with van der Waals surface area (Å²) in [6.07, 6.45) is 7.54. The van der Waals surface area contributed by atoms with Crippen LogP contribution in [0.3, 0.4) is 0 Å². The summed E-state index contributed by atoms with van der Waals surface area (Å²) >= 11 is 0. The summed E-state index contributed by atoms with van der Waals surface area (Å²) in [5, 5.41) is 6.32. The average Bonchev–Trinajstić information content (AvgIpc) is 2.93. The van der Waals surface area contributed by atoms with Crippen molar-refractivity contribution in [2.24, 2.45) is 0 Å². The molecule has 1 unspecified atom stereocenters. The van der Waals surface area contributed by atoms with Gasteiger partial charge in [-0.1, -0.05) is 6.42 Å². The van der Waals surface area contributed by atoms with E-state index in [0.717, 1.165) is 37.6 Å². The van der Waals surface area contributed by atoms with Crippen molar-refractivity contribution < 1.29 is 4.42 Å². The maximum Gasteiger partial charge on any atom is 0.434 e. The number of aromatic nitrogens is 4.